The number of carbonyl (C=O) groups excluding carboxylic acids is 1. The van der Waals surface area contributed by atoms with Gasteiger partial charge in [-0.15, -0.1) is 10.2 Å². The van der Waals surface area contributed by atoms with Gasteiger partial charge in [0.15, 0.2) is 9.84 Å². The molecule has 1 amide bonds. The van der Waals surface area contributed by atoms with Crippen molar-refractivity contribution in [1.82, 2.24) is 15.1 Å². The van der Waals surface area contributed by atoms with Gasteiger partial charge in [0.1, 0.15) is 0 Å². The second-order valence-electron chi connectivity index (χ2n) is 5.53. The predicted octanol–water partition coefficient (Wildman–Crippen LogP) is 0.685. The molecule has 0 spiro atoms. The van der Waals surface area contributed by atoms with E-state index in [9.17, 15) is 13.2 Å². The molecule has 1 saturated heterocycles. The number of hydrogen-bond acceptors (Lipinski definition) is 7. The molecule has 0 aromatic carbocycles. The van der Waals surface area contributed by atoms with Gasteiger partial charge >= 0.3 is 0 Å². The Kier molecular flexibility index (Phi) is 3.96. The number of hydrogen-bond donors (Lipinski definition) is 0. The summed E-state index contributed by atoms with van der Waals surface area (Å²) in [6, 6.07) is -0.215. The summed E-state index contributed by atoms with van der Waals surface area (Å²) in [5.74, 6) is 1.34. The smallest absolute Gasteiger partial charge is 0.277 e. The van der Waals surface area contributed by atoms with Crippen molar-refractivity contribution in [1.29, 1.82) is 0 Å². The van der Waals surface area contributed by atoms with E-state index < -0.39 is 9.84 Å². The van der Waals surface area contributed by atoms with Gasteiger partial charge < -0.3 is 9.32 Å². The van der Waals surface area contributed by atoms with E-state index >= 15 is 0 Å². The molecule has 2 aliphatic rings. The Morgan fingerprint density at radius 3 is 2.76 bits per heavy atom. The minimum absolute atomic E-state index is 0.0618. The molecular weight excluding hydrogens is 314 g/mol. The summed E-state index contributed by atoms with van der Waals surface area (Å²) in [6.07, 6.45) is 2.69. The molecule has 1 aromatic heterocycles. The van der Waals surface area contributed by atoms with Crippen LogP contribution in [0.15, 0.2) is 9.64 Å². The van der Waals surface area contributed by atoms with Crippen molar-refractivity contribution in [2.24, 2.45) is 0 Å². The van der Waals surface area contributed by atoms with E-state index in [1.165, 1.54) is 16.7 Å². The normalized spacial score (nSPS) is 24.1. The van der Waals surface area contributed by atoms with Gasteiger partial charge in [0.05, 0.1) is 17.3 Å². The zero-order valence-electron chi connectivity index (χ0n) is 11.7. The van der Waals surface area contributed by atoms with Crippen molar-refractivity contribution in [2.75, 3.05) is 24.3 Å². The summed E-state index contributed by atoms with van der Waals surface area (Å²) in [5, 5.41) is 8.27. The van der Waals surface area contributed by atoms with Crippen LogP contribution in [0.2, 0.25) is 0 Å². The van der Waals surface area contributed by atoms with Crippen LogP contribution in [0.5, 0.6) is 0 Å². The standard InChI is InChI=1S/C12H17N3O4S2/c1-15(9-4-5-21(17,18)7-9)10(16)6-20-12-14-13-11(19-12)8-2-3-8/h8-9H,2-7H2,1H3. The van der Waals surface area contributed by atoms with Crippen LogP contribution in [0.1, 0.15) is 31.1 Å². The Hall–Kier alpha value is -1.09. The number of rotatable bonds is 5. The molecule has 1 aromatic rings. The van der Waals surface area contributed by atoms with Crippen LogP contribution in [0.3, 0.4) is 0 Å². The number of nitrogens with zero attached hydrogens (tertiary/aromatic N) is 3. The third-order valence-corrected chi connectivity index (χ3v) is 6.37. The van der Waals surface area contributed by atoms with Gasteiger partial charge in [0, 0.05) is 19.0 Å². The lowest BCUT2D eigenvalue weighted by Crippen LogP contribution is -2.38. The molecular formula is C12H17N3O4S2. The van der Waals surface area contributed by atoms with Gasteiger partial charge in [0.2, 0.25) is 11.8 Å². The second-order valence-corrected chi connectivity index (χ2v) is 8.69. The van der Waals surface area contributed by atoms with Crippen LogP contribution < -0.4 is 0 Å². The van der Waals surface area contributed by atoms with Gasteiger partial charge in [-0.25, -0.2) is 8.42 Å². The molecule has 0 radical (unpaired) electrons. The van der Waals surface area contributed by atoms with Crippen LogP contribution in [-0.4, -0.2) is 59.8 Å². The molecule has 3 rings (SSSR count). The van der Waals surface area contributed by atoms with Crippen molar-refractivity contribution in [2.45, 2.75) is 36.4 Å². The minimum Gasteiger partial charge on any atom is -0.416 e. The summed E-state index contributed by atoms with van der Waals surface area (Å²) in [6.45, 7) is 0. The Morgan fingerprint density at radius 2 is 2.14 bits per heavy atom. The third-order valence-electron chi connectivity index (χ3n) is 3.82. The fourth-order valence-electron chi connectivity index (χ4n) is 2.28. The van der Waals surface area contributed by atoms with Gasteiger partial charge in [-0.1, -0.05) is 11.8 Å². The van der Waals surface area contributed by atoms with E-state index in [-0.39, 0.29) is 29.2 Å². The third kappa shape index (κ3) is 3.57. The Labute approximate surface area is 127 Å². The first-order valence-electron chi connectivity index (χ1n) is 6.87. The lowest BCUT2D eigenvalue weighted by Gasteiger charge is -2.22. The Balaban J connectivity index is 1.51. The number of thioether (sulfide) groups is 1. The summed E-state index contributed by atoms with van der Waals surface area (Å²) < 4.78 is 28.4. The first-order valence-corrected chi connectivity index (χ1v) is 9.67. The molecule has 2 heterocycles. The summed E-state index contributed by atoms with van der Waals surface area (Å²) >= 11 is 1.20. The molecule has 0 N–H and O–H groups in total. The minimum atomic E-state index is -2.98. The molecule has 116 valence electrons. The maximum atomic E-state index is 12.1. The highest BCUT2D eigenvalue weighted by Gasteiger charge is 2.33. The zero-order chi connectivity index (χ0) is 15.0. The highest BCUT2D eigenvalue weighted by molar-refractivity contribution is 7.99. The van der Waals surface area contributed by atoms with Crippen LogP contribution in [-0.2, 0) is 14.6 Å². The van der Waals surface area contributed by atoms with E-state index in [0.717, 1.165) is 12.8 Å². The summed E-state index contributed by atoms with van der Waals surface area (Å²) in [4.78, 5) is 13.6. The van der Waals surface area contributed by atoms with E-state index in [0.29, 0.717) is 23.5 Å². The van der Waals surface area contributed by atoms with Crippen molar-refractivity contribution in [3.05, 3.63) is 5.89 Å². The van der Waals surface area contributed by atoms with Crippen LogP contribution in [0.4, 0.5) is 0 Å². The van der Waals surface area contributed by atoms with Crippen molar-refractivity contribution < 1.29 is 17.6 Å². The van der Waals surface area contributed by atoms with Crippen molar-refractivity contribution >= 4 is 27.5 Å². The Morgan fingerprint density at radius 1 is 1.38 bits per heavy atom. The van der Waals surface area contributed by atoms with Crippen molar-refractivity contribution in [3.63, 3.8) is 0 Å². The Bertz CT molecular complexity index is 639. The summed E-state index contributed by atoms with van der Waals surface area (Å²) in [7, 11) is -1.33. The highest BCUT2D eigenvalue weighted by Crippen LogP contribution is 2.39. The number of carbonyl (C=O) groups is 1. The van der Waals surface area contributed by atoms with Crippen LogP contribution in [0, 0.1) is 0 Å². The molecule has 2 fully saturated rings. The van der Waals surface area contributed by atoms with E-state index in [4.69, 9.17) is 4.42 Å². The number of aromatic nitrogens is 2. The molecule has 9 heteroatoms. The monoisotopic (exact) mass is 331 g/mol. The van der Waals surface area contributed by atoms with E-state index in [1.54, 1.807) is 7.05 Å². The summed E-state index contributed by atoms with van der Waals surface area (Å²) in [5.41, 5.74) is 0. The first kappa shape index (κ1) is 14.8. The number of sulfone groups is 1. The van der Waals surface area contributed by atoms with Gasteiger partial charge in [-0.2, -0.15) is 0 Å². The van der Waals surface area contributed by atoms with Gasteiger partial charge in [-0.3, -0.25) is 4.79 Å². The quantitative estimate of drug-likeness (QED) is 0.733. The fourth-order valence-corrected chi connectivity index (χ4v) is 4.75. The maximum absolute atomic E-state index is 12.1. The largest absolute Gasteiger partial charge is 0.416 e. The fraction of sp³-hybridized carbons (Fsp3) is 0.750. The molecule has 1 unspecified atom stereocenters. The molecule has 7 nitrogen and oxygen atoms in total. The average molecular weight is 331 g/mol. The zero-order valence-corrected chi connectivity index (χ0v) is 13.3. The van der Waals surface area contributed by atoms with Gasteiger partial charge in [-0.05, 0) is 19.3 Å². The van der Waals surface area contributed by atoms with Crippen molar-refractivity contribution in [3.8, 4) is 0 Å². The topological polar surface area (TPSA) is 93.4 Å². The van der Waals surface area contributed by atoms with E-state index in [1.807, 2.05) is 0 Å². The molecule has 21 heavy (non-hydrogen) atoms. The van der Waals surface area contributed by atoms with Crippen LogP contribution >= 0.6 is 11.8 Å². The molecule has 0 bridgehead atoms. The average Bonchev–Trinajstić information content (AvgIpc) is 3.07. The highest BCUT2D eigenvalue weighted by atomic mass is 32.2. The predicted molar refractivity (Wildman–Crippen MR) is 76.8 cm³/mol. The van der Waals surface area contributed by atoms with Gasteiger partial charge in [0.25, 0.3) is 5.22 Å². The van der Waals surface area contributed by atoms with E-state index in [2.05, 4.69) is 10.2 Å². The maximum Gasteiger partial charge on any atom is 0.277 e. The molecule has 1 saturated carbocycles. The second kappa shape index (κ2) is 5.60. The lowest BCUT2D eigenvalue weighted by atomic mass is 10.2. The molecule has 1 aliphatic carbocycles. The van der Waals surface area contributed by atoms with Crippen LogP contribution in [0.25, 0.3) is 0 Å². The first-order chi connectivity index (χ1) is 9.94. The molecule has 1 aliphatic heterocycles. The lowest BCUT2D eigenvalue weighted by molar-refractivity contribution is -0.128. The molecule has 1 atom stereocenters. The number of amides is 1. The SMILES string of the molecule is CN(C(=O)CSc1nnc(C2CC2)o1)C1CCS(=O)(=O)C1.